The first-order valence-electron chi connectivity index (χ1n) is 5.87. The van der Waals surface area contributed by atoms with Crippen LogP contribution in [0.2, 0.25) is 0 Å². The standard InChI is InChI=1S/C13H17BrN2O/c1-16-8-6-11(7-9-16)13(15-17)10-2-4-12(14)5-3-10/h2-5,11,17H,6-9H2,1H3/b15-13+. The molecule has 0 amide bonds. The minimum Gasteiger partial charge on any atom is -0.411 e. The minimum atomic E-state index is 0.373. The van der Waals surface area contributed by atoms with Gasteiger partial charge in [-0.2, -0.15) is 0 Å². The van der Waals surface area contributed by atoms with E-state index in [-0.39, 0.29) is 0 Å². The van der Waals surface area contributed by atoms with Gasteiger partial charge in [0.1, 0.15) is 0 Å². The van der Waals surface area contributed by atoms with Gasteiger partial charge in [0.05, 0.1) is 5.71 Å². The Labute approximate surface area is 110 Å². The van der Waals surface area contributed by atoms with Crippen molar-refractivity contribution in [1.82, 2.24) is 4.90 Å². The highest BCUT2D eigenvalue weighted by Crippen LogP contribution is 2.22. The van der Waals surface area contributed by atoms with Crippen LogP contribution in [-0.2, 0) is 0 Å². The summed E-state index contributed by atoms with van der Waals surface area (Å²) in [5, 5.41) is 12.7. The zero-order valence-corrected chi connectivity index (χ0v) is 11.5. The van der Waals surface area contributed by atoms with Gasteiger partial charge in [-0.05, 0) is 50.7 Å². The van der Waals surface area contributed by atoms with E-state index >= 15 is 0 Å². The lowest BCUT2D eigenvalue weighted by atomic mass is 9.88. The molecule has 3 nitrogen and oxygen atoms in total. The molecule has 0 aromatic heterocycles. The van der Waals surface area contributed by atoms with Crippen molar-refractivity contribution in [3.63, 3.8) is 0 Å². The van der Waals surface area contributed by atoms with Crippen LogP contribution in [0, 0.1) is 5.92 Å². The molecule has 1 saturated heterocycles. The van der Waals surface area contributed by atoms with Crippen LogP contribution < -0.4 is 0 Å². The molecule has 0 spiro atoms. The molecule has 0 radical (unpaired) electrons. The van der Waals surface area contributed by atoms with E-state index in [1.165, 1.54) is 0 Å². The van der Waals surface area contributed by atoms with Crippen molar-refractivity contribution in [2.75, 3.05) is 20.1 Å². The van der Waals surface area contributed by atoms with E-state index in [1.807, 2.05) is 24.3 Å². The maximum Gasteiger partial charge on any atom is 0.0899 e. The van der Waals surface area contributed by atoms with Gasteiger partial charge in [0.15, 0.2) is 0 Å². The molecule has 1 fully saturated rings. The summed E-state index contributed by atoms with van der Waals surface area (Å²) < 4.78 is 1.04. The Morgan fingerprint density at radius 1 is 1.29 bits per heavy atom. The molecule has 1 heterocycles. The molecule has 0 saturated carbocycles. The molecule has 0 atom stereocenters. The number of halogens is 1. The summed E-state index contributed by atoms with van der Waals surface area (Å²) >= 11 is 3.41. The molecule has 17 heavy (non-hydrogen) atoms. The van der Waals surface area contributed by atoms with Gasteiger partial charge in [-0.3, -0.25) is 0 Å². The molecular weight excluding hydrogens is 280 g/mol. The third-order valence-corrected chi connectivity index (χ3v) is 3.88. The smallest absolute Gasteiger partial charge is 0.0899 e. The molecule has 0 bridgehead atoms. The van der Waals surface area contributed by atoms with Crippen LogP contribution in [-0.4, -0.2) is 36.0 Å². The Balaban J connectivity index is 2.14. The maximum absolute atomic E-state index is 9.23. The molecule has 1 aromatic carbocycles. The Morgan fingerprint density at radius 3 is 2.41 bits per heavy atom. The van der Waals surface area contributed by atoms with Gasteiger partial charge in [-0.25, -0.2) is 0 Å². The third kappa shape index (κ3) is 3.07. The van der Waals surface area contributed by atoms with Gasteiger partial charge in [0.2, 0.25) is 0 Å². The lowest BCUT2D eigenvalue weighted by molar-refractivity contribution is 0.246. The Bertz CT molecular complexity index is 394. The van der Waals surface area contributed by atoms with Gasteiger partial charge >= 0.3 is 0 Å². The molecule has 1 N–H and O–H groups in total. The number of rotatable bonds is 2. The molecule has 0 aliphatic carbocycles. The predicted octanol–water partition coefficient (Wildman–Crippen LogP) is 2.97. The van der Waals surface area contributed by atoms with Crippen molar-refractivity contribution in [2.45, 2.75) is 12.8 Å². The molecule has 4 heteroatoms. The lowest BCUT2D eigenvalue weighted by Gasteiger charge is -2.29. The van der Waals surface area contributed by atoms with E-state index in [0.717, 1.165) is 41.7 Å². The van der Waals surface area contributed by atoms with E-state index in [0.29, 0.717) is 5.92 Å². The molecule has 1 aliphatic heterocycles. The van der Waals surface area contributed by atoms with Crippen molar-refractivity contribution >= 4 is 21.6 Å². The average Bonchev–Trinajstić information content (AvgIpc) is 2.35. The van der Waals surface area contributed by atoms with E-state index in [4.69, 9.17) is 0 Å². The van der Waals surface area contributed by atoms with E-state index in [2.05, 4.69) is 33.0 Å². The second kappa shape index (κ2) is 5.65. The summed E-state index contributed by atoms with van der Waals surface area (Å²) in [6.45, 7) is 2.14. The topological polar surface area (TPSA) is 35.8 Å². The van der Waals surface area contributed by atoms with Crippen LogP contribution in [0.4, 0.5) is 0 Å². The number of benzene rings is 1. The van der Waals surface area contributed by atoms with Crippen molar-refractivity contribution < 1.29 is 5.21 Å². The number of hydrogen-bond acceptors (Lipinski definition) is 3. The van der Waals surface area contributed by atoms with E-state index in [1.54, 1.807) is 0 Å². The van der Waals surface area contributed by atoms with Crippen LogP contribution in [0.15, 0.2) is 33.9 Å². The number of nitrogens with zero attached hydrogens (tertiary/aromatic N) is 2. The normalized spacial score (nSPS) is 19.5. The highest BCUT2D eigenvalue weighted by Gasteiger charge is 2.23. The molecule has 2 rings (SSSR count). The van der Waals surface area contributed by atoms with Crippen LogP contribution in [0.1, 0.15) is 18.4 Å². The minimum absolute atomic E-state index is 0.373. The van der Waals surface area contributed by atoms with Gasteiger partial charge in [0, 0.05) is 10.4 Å². The third-order valence-electron chi connectivity index (χ3n) is 3.35. The maximum atomic E-state index is 9.23. The molecule has 1 aliphatic rings. The fourth-order valence-corrected chi connectivity index (χ4v) is 2.54. The number of oxime groups is 1. The van der Waals surface area contributed by atoms with Crippen molar-refractivity contribution in [3.8, 4) is 0 Å². The van der Waals surface area contributed by atoms with Crippen molar-refractivity contribution in [3.05, 3.63) is 34.3 Å². The Morgan fingerprint density at radius 2 is 1.88 bits per heavy atom. The fraction of sp³-hybridized carbons (Fsp3) is 0.462. The van der Waals surface area contributed by atoms with Crippen molar-refractivity contribution in [2.24, 2.45) is 11.1 Å². The molecule has 0 unspecified atom stereocenters. The summed E-state index contributed by atoms with van der Waals surface area (Å²) in [5.74, 6) is 0.373. The first-order chi connectivity index (χ1) is 8.20. The van der Waals surface area contributed by atoms with Crippen molar-refractivity contribution in [1.29, 1.82) is 0 Å². The van der Waals surface area contributed by atoms with Crippen LogP contribution in [0.3, 0.4) is 0 Å². The number of hydrogen-bond donors (Lipinski definition) is 1. The van der Waals surface area contributed by atoms with Gasteiger partial charge < -0.3 is 10.1 Å². The summed E-state index contributed by atoms with van der Waals surface area (Å²) in [5.41, 5.74) is 1.84. The molecule has 92 valence electrons. The molecular formula is C13H17BrN2O. The van der Waals surface area contributed by atoms with Crippen LogP contribution in [0.5, 0.6) is 0 Å². The largest absolute Gasteiger partial charge is 0.411 e. The van der Waals surface area contributed by atoms with Crippen LogP contribution in [0.25, 0.3) is 0 Å². The second-order valence-electron chi connectivity index (χ2n) is 4.57. The van der Waals surface area contributed by atoms with E-state index < -0.39 is 0 Å². The Kier molecular flexibility index (Phi) is 4.18. The first-order valence-corrected chi connectivity index (χ1v) is 6.66. The molecule has 1 aromatic rings. The number of likely N-dealkylation sites (tertiary alicyclic amines) is 1. The number of piperidine rings is 1. The van der Waals surface area contributed by atoms with Crippen LogP contribution >= 0.6 is 15.9 Å². The second-order valence-corrected chi connectivity index (χ2v) is 5.49. The quantitative estimate of drug-likeness (QED) is 0.517. The predicted molar refractivity (Wildman–Crippen MR) is 72.7 cm³/mol. The van der Waals surface area contributed by atoms with Gasteiger partial charge in [0.25, 0.3) is 0 Å². The fourth-order valence-electron chi connectivity index (χ4n) is 2.28. The lowest BCUT2D eigenvalue weighted by Crippen LogP contribution is -2.33. The SMILES string of the molecule is CN1CCC(/C(=N/O)c2ccc(Br)cc2)CC1. The zero-order valence-electron chi connectivity index (χ0n) is 9.93. The zero-order chi connectivity index (χ0) is 12.3. The summed E-state index contributed by atoms with van der Waals surface area (Å²) in [7, 11) is 2.13. The highest BCUT2D eigenvalue weighted by atomic mass is 79.9. The summed E-state index contributed by atoms with van der Waals surface area (Å²) in [6.07, 6.45) is 2.12. The first kappa shape index (κ1) is 12.6. The summed E-state index contributed by atoms with van der Waals surface area (Å²) in [4.78, 5) is 2.31. The average molecular weight is 297 g/mol. The van der Waals surface area contributed by atoms with Gasteiger partial charge in [-0.15, -0.1) is 0 Å². The van der Waals surface area contributed by atoms with E-state index in [9.17, 15) is 5.21 Å². The Hall–Kier alpha value is -0.870. The summed E-state index contributed by atoms with van der Waals surface area (Å²) in [6, 6.07) is 7.96. The monoisotopic (exact) mass is 296 g/mol. The highest BCUT2D eigenvalue weighted by molar-refractivity contribution is 9.10. The van der Waals surface area contributed by atoms with Gasteiger partial charge in [-0.1, -0.05) is 33.2 Å².